The Morgan fingerprint density at radius 1 is 0.571 bits per heavy atom. The van der Waals surface area contributed by atoms with Crippen molar-refractivity contribution in [3.8, 4) is 0 Å². The van der Waals surface area contributed by atoms with Crippen LogP contribution in [-0.2, 0) is 22.4 Å². The van der Waals surface area contributed by atoms with Gasteiger partial charge in [0.1, 0.15) is 24.3 Å². The molecule has 0 bridgehead atoms. The van der Waals surface area contributed by atoms with Crippen molar-refractivity contribution in [3.05, 3.63) is 71.8 Å². The summed E-state index contributed by atoms with van der Waals surface area (Å²) in [7, 11) is 0. The van der Waals surface area contributed by atoms with Gasteiger partial charge in [-0.25, -0.2) is 9.59 Å². The highest BCUT2D eigenvalue weighted by atomic mass is 16.4. The fourth-order valence-corrected chi connectivity index (χ4v) is 4.61. The van der Waals surface area contributed by atoms with Crippen LogP contribution in [0.15, 0.2) is 60.7 Å². The van der Waals surface area contributed by atoms with Crippen molar-refractivity contribution in [2.45, 2.75) is 76.9 Å². The number of carbonyl (C=O) groups excluding carboxylic acids is 2. The van der Waals surface area contributed by atoms with Crippen molar-refractivity contribution in [3.63, 3.8) is 0 Å². The van der Waals surface area contributed by atoms with E-state index in [1.54, 1.807) is 88.4 Å². The van der Waals surface area contributed by atoms with Gasteiger partial charge in [-0.1, -0.05) is 88.4 Å². The molecular formula is C30H42N4O8. The van der Waals surface area contributed by atoms with Gasteiger partial charge in [0.05, 0.1) is 12.1 Å². The van der Waals surface area contributed by atoms with Crippen LogP contribution in [-0.4, -0.2) is 80.8 Å². The van der Waals surface area contributed by atoms with Gasteiger partial charge in [-0.15, -0.1) is 0 Å². The van der Waals surface area contributed by atoms with Crippen molar-refractivity contribution >= 4 is 24.0 Å². The molecule has 0 heterocycles. The molecule has 0 fully saturated rings. The SMILES string of the molecule is CC(C)C(NC(=O)O)C(=O)NC(Cc1ccccc1)C(O)C(O)C(Cc1ccccc1)NC(=O)C(NC(=O)O)C(C)C. The van der Waals surface area contributed by atoms with Crippen LogP contribution in [0.3, 0.4) is 0 Å². The van der Waals surface area contributed by atoms with Crippen molar-refractivity contribution in [2.75, 3.05) is 0 Å². The summed E-state index contributed by atoms with van der Waals surface area (Å²) in [5.41, 5.74) is 1.46. The lowest BCUT2D eigenvalue weighted by Crippen LogP contribution is -2.61. The normalized spacial score (nSPS) is 15.5. The van der Waals surface area contributed by atoms with E-state index < -0.39 is 72.2 Å². The lowest BCUT2D eigenvalue weighted by molar-refractivity contribution is -0.129. The second-order valence-electron chi connectivity index (χ2n) is 10.9. The number of carbonyl (C=O) groups is 4. The van der Waals surface area contributed by atoms with Gasteiger partial charge in [0, 0.05) is 0 Å². The third-order valence-corrected chi connectivity index (χ3v) is 6.88. The molecule has 42 heavy (non-hydrogen) atoms. The molecule has 0 aromatic heterocycles. The second-order valence-corrected chi connectivity index (χ2v) is 10.9. The zero-order valence-electron chi connectivity index (χ0n) is 24.2. The zero-order valence-corrected chi connectivity index (χ0v) is 24.2. The Balaban J connectivity index is 2.41. The molecule has 230 valence electrons. The standard InChI is InChI=1S/C30H42N4O8/c1-17(2)23(33-29(39)40)27(37)31-21(15-19-11-7-5-8-12-19)25(35)26(36)22(16-20-13-9-6-10-14-20)32-28(38)24(18(3)4)34-30(41)42/h5-14,17-18,21-26,33-36H,15-16H2,1-4H3,(H,31,37)(H,32,38)(H,39,40)(H,41,42). The Kier molecular flexibility index (Phi) is 13.2. The summed E-state index contributed by atoms with van der Waals surface area (Å²) in [4.78, 5) is 49.0. The average Bonchev–Trinajstić information content (AvgIpc) is 2.93. The van der Waals surface area contributed by atoms with Crippen molar-refractivity contribution in [1.29, 1.82) is 0 Å². The molecule has 2 rings (SSSR count). The van der Waals surface area contributed by atoms with E-state index in [1.807, 2.05) is 0 Å². The summed E-state index contributed by atoms with van der Waals surface area (Å²) in [5, 5.41) is 51.2. The van der Waals surface area contributed by atoms with Gasteiger partial charge in [0.15, 0.2) is 0 Å². The number of nitrogens with one attached hydrogen (secondary N) is 4. The van der Waals surface area contributed by atoms with Gasteiger partial charge < -0.3 is 41.7 Å². The lowest BCUT2D eigenvalue weighted by atomic mass is 9.90. The van der Waals surface area contributed by atoms with E-state index in [9.17, 15) is 39.6 Å². The second kappa shape index (κ2) is 16.3. The molecule has 0 saturated heterocycles. The maximum Gasteiger partial charge on any atom is 0.405 e. The molecule has 0 aliphatic heterocycles. The molecule has 8 N–H and O–H groups in total. The fraction of sp³-hybridized carbons (Fsp3) is 0.467. The van der Waals surface area contributed by atoms with Crippen LogP contribution in [0.4, 0.5) is 9.59 Å². The molecule has 12 nitrogen and oxygen atoms in total. The fourth-order valence-electron chi connectivity index (χ4n) is 4.61. The number of benzene rings is 2. The smallest absolute Gasteiger partial charge is 0.405 e. The molecule has 0 aliphatic carbocycles. The molecule has 6 atom stereocenters. The number of hydrogen-bond acceptors (Lipinski definition) is 6. The van der Waals surface area contributed by atoms with E-state index in [1.165, 1.54) is 0 Å². The number of aliphatic hydroxyl groups excluding tert-OH is 2. The van der Waals surface area contributed by atoms with E-state index in [2.05, 4.69) is 21.3 Å². The number of hydrogen-bond donors (Lipinski definition) is 8. The summed E-state index contributed by atoms with van der Waals surface area (Å²) >= 11 is 0. The maximum absolute atomic E-state index is 13.2. The molecule has 0 spiro atoms. The summed E-state index contributed by atoms with van der Waals surface area (Å²) in [5.74, 6) is -2.21. The minimum absolute atomic E-state index is 0.0872. The first kappa shape index (κ1) is 34.0. The summed E-state index contributed by atoms with van der Waals surface area (Å²) in [6.07, 6.45) is -5.83. The molecule has 2 aromatic carbocycles. The van der Waals surface area contributed by atoms with E-state index >= 15 is 0 Å². The number of aliphatic hydroxyl groups is 2. The molecule has 0 aliphatic rings. The van der Waals surface area contributed by atoms with Gasteiger partial charge >= 0.3 is 12.2 Å². The van der Waals surface area contributed by atoms with Crippen molar-refractivity contribution in [2.24, 2.45) is 11.8 Å². The van der Waals surface area contributed by atoms with E-state index in [4.69, 9.17) is 0 Å². The van der Waals surface area contributed by atoms with Crippen LogP contribution in [0.1, 0.15) is 38.8 Å². The maximum atomic E-state index is 13.2. The van der Waals surface area contributed by atoms with E-state index in [-0.39, 0.29) is 12.8 Å². The minimum Gasteiger partial charge on any atom is -0.465 e. The Labute approximate surface area is 245 Å². The topological polar surface area (TPSA) is 197 Å². The summed E-state index contributed by atoms with van der Waals surface area (Å²) in [6, 6.07) is 13.4. The predicted molar refractivity (Wildman–Crippen MR) is 156 cm³/mol. The highest BCUT2D eigenvalue weighted by Crippen LogP contribution is 2.16. The van der Waals surface area contributed by atoms with Gasteiger partial charge in [-0.3, -0.25) is 9.59 Å². The van der Waals surface area contributed by atoms with Gasteiger partial charge in [-0.2, -0.15) is 0 Å². The first-order valence-corrected chi connectivity index (χ1v) is 13.8. The van der Waals surface area contributed by atoms with Crippen LogP contribution in [0.25, 0.3) is 0 Å². The molecule has 0 saturated carbocycles. The van der Waals surface area contributed by atoms with Gasteiger partial charge in [0.2, 0.25) is 11.8 Å². The van der Waals surface area contributed by atoms with Crippen LogP contribution >= 0.6 is 0 Å². The molecule has 2 aromatic rings. The predicted octanol–water partition coefficient (Wildman–Crippen LogP) is 1.75. The first-order chi connectivity index (χ1) is 19.8. The quantitative estimate of drug-likeness (QED) is 0.154. The Morgan fingerprint density at radius 2 is 0.881 bits per heavy atom. The first-order valence-electron chi connectivity index (χ1n) is 13.8. The lowest BCUT2D eigenvalue weighted by Gasteiger charge is -2.35. The largest absolute Gasteiger partial charge is 0.465 e. The van der Waals surface area contributed by atoms with Crippen LogP contribution < -0.4 is 21.3 Å². The van der Waals surface area contributed by atoms with E-state index in [0.29, 0.717) is 0 Å². The highest BCUT2D eigenvalue weighted by molar-refractivity contribution is 5.86. The Bertz CT molecular complexity index is 1070. The number of rotatable bonds is 15. The number of carboxylic acid groups (broad SMARTS) is 2. The third-order valence-electron chi connectivity index (χ3n) is 6.88. The monoisotopic (exact) mass is 586 g/mol. The molecule has 0 radical (unpaired) electrons. The molecule has 4 amide bonds. The van der Waals surface area contributed by atoms with Crippen molar-refractivity contribution < 1.29 is 39.6 Å². The third kappa shape index (κ3) is 10.7. The minimum atomic E-state index is -1.62. The van der Waals surface area contributed by atoms with Gasteiger partial charge in [0.25, 0.3) is 0 Å². The van der Waals surface area contributed by atoms with Gasteiger partial charge in [-0.05, 0) is 35.8 Å². The van der Waals surface area contributed by atoms with Crippen molar-refractivity contribution in [1.82, 2.24) is 21.3 Å². The Morgan fingerprint density at radius 3 is 1.14 bits per heavy atom. The van der Waals surface area contributed by atoms with Crippen LogP contribution in [0.2, 0.25) is 0 Å². The zero-order chi connectivity index (χ0) is 31.4. The number of amides is 4. The molecule has 6 unspecified atom stereocenters. The summed E-state index contributed by atoms with van der Waals surface area (Å²) < 4.78 is 0. The Hall–Kier alpha value is -4.16. The highest BCUT2D eigenvalue weighted by Gasteiger charge is 2.37. The molecular weight excluding hydrogens is 544 g/mol. The van der Waals surface area contributed by atoms with Crippen LogP contribution in [0.5, 0.6) is 0 Å². The molecule has 12 heteroatoms. The van der Waals surface area contributed by atoms with Crippen LogP contribution in [0, 0.1) is 11.8 Å². The average molecular weight is 587 g/mol. The summed E-state index contributed by atoms with van der Waals surface area (Å²) in [6.45, 7) is 6.66. The van der Waals surface area contributed by atoms with E-state index in [0.717, 1.165) is 11.1 Å².